The zero-order valence-electron chi connectivity index (χ0n) is 23.6. The van der Waals surface area contributed by atoms with Crippen LogP contribution < -0.4 is 20.8 Å². The highest BCUT2D eigenvalue weighted by molar-refractivity contribution is 7.80. The third kappa shape index (κ3) is 7.04. The second-order valence-corrected chi connectivity index (χ2v) is 10.6. The molecule has 1 aliphatic rings. The fourth-order valence-electron chi connectivity index (χ4n) is 4.90. The maximum absolute atomic E-state index is 12.8. The van der Waals surface area contributed by atoms with Gasteiger partial charge in [0.05, 0.1) is 24.4 Å². The van der Waals surface area contributed by atoms with Crippen molar-refractivity contribution in [1.29, 1.82) is 0 Å². The first-order valence-corrected chi connectivity index (χ1v) is 14.4. The molecule has 0 bridgehead atoms. The number of carbonyl (C=O) groups excluding carboxylic acids is 2. The van der Waals surface area contributed by atoms with Crippen LogP contribution in [0.2, 0.25) is 5.02 Å². The van der Waals surface area contributed by atoms with Crippen molar-refractivity contribution in [2.45, 2.75) is 26.4 Å². The topological polar surface area (TPSA) is 106 Å². The molecule has 1 amide bonds. The Morgan fingerprint density at radius 1 is 1.09 bits per heavy atom. The summed E-state index contributed by atoms with van der Waals surface area (Å²) in [5, 5.41) is 12.3. The standard InChI is InChI=1S/C32H30ClN5O4S/c1-3-41-31(40)29-20(2)35-32(43)36-30(29)25-9-5-7-11-27(25)42-19-28(39)37-34-16-22-18-38(26-10-6-4-8-24(22)26)17-21-12-14-23(33)15-13-21/h4-16,18,30H,3,17,19H2,1-2H3,(H,37,39)(H2,35,36,43)/t30-/m1/s1. The van der Waals surface area contributed by atoms with Crippen molar-refractivity contribution < 1.29 is 19.1 Å². The number of benzene rings is 3. The van der Waals surface area contributed by atoms with Gasteiger partial charge in [0.2, 0.25) is 0 Å². The van der Waals surface area contributed by atoms with Crippen LogP contribution >= 0.6 is 23.8 Å². The lowest BCUT2D eigenvalue weighted by Gasteiger charge is -2.30. The van der Waals surface area contributed by atoms with Crippen molar-refractivity contribution in [2.24, 2.45) is 5.10 Å². The Morgan fingerprint density at radius 2 is 1.84 bits per heavy atom. The zero-order chi connectivity index (χ0) is 30.3. The number of amides is 1. The van der Waals surface area contributed by atoms with Crippen LogP contribution in [0.1, 0.15) is 36.6 Å². The Morgan fingerprint density at radius 3 is 2.63 bits per heavy atom. The molecule has 3 aromatic carbocycles. The number of carbonyl (C=O) groups is 2. The van der Waals surface area contributed by atoms with Crippen molar-refractivity contribution >= 4 is 57.9 Å². The van der Waals surface area contributed by atoms with Gasteiger partial charge in [0.15, 0.2) is 11.7 Å². The summed E-state index contributed by atoms with van der Waals surface area (Å²) in [6.45, 7) is 4.10. The molecule has 0 saturated carbocycles. The monoisotopic (exact) mass is 615 g/mol. The minimum atomic E-state index is -0.615. The van der Waals surface area contributed by atoms with Crippen LogP contribution in [0.3, 0.4) is 0 Å². The van der Waals surface area contributed by atoms with Crippen LogP contribution in [0.5, 0.6) is 5.75 Å². The van der Waals surface area contributed by atoms with E-state index < -0.39 is 17.9 Å². The smallest absolute Gasteiger partial charge is 0.338 e. The van der Waals surface area contributed by atoms with Gasteiger partial charge in [-0.2, -0.15) is 5.10 Å². The number of thiocarbonyl (C=S) groups is 1. The molecule has 0 unspecified atom stereocenters. The fraction of sp³-hybridized carbons (Fsp3) is 0.188. The zero-order valence-corrected chi connectivity index (χ0v) is 25.2. The van der Waals surface area contributed by atoms with Gasteiger partial charge in [0.25, 0.3) is 5.91 Å². The number of nitrogens with one attached hydrogen (secondary N) is 3. The Hall–Kier alpha value is -4.67. The third-order valence-electron chi connectivity index (χ3n) is 6.83. The van der Waals surface area contributed by atoms with Crippen LogP contribution in [0, 0.1) is 0 Å². The van der Waals surface area contributed by atoms with E-state index in [-0.39, 0.29) is 13.2 Å². The lowest BCUT2D eigenvalue weighted by atomic mass is 9.95. The highest BCUT2D eigenvalue weighted by Gasteiger charge is 2.32. The lowest BCUT2D eigenvalue weighted by molar-refractivity contribution is -0.139. The average molecular weight is 616 g/mol. The molecule has 3 N–H and O–H groups in total. The molecule has 5 rings (SSSR count). The first kappa shape index (κ1) is 29.8. The molecule has 11 heteroatoms. The maximum Gasteiger partial charge on any atom is 0.338 e. The molecule has 220 valence electrons. The molecule has 43 heavy (non-hydrogen) atoms. The summed E-state index contributed by atoms with van der Waals surface area (Å²) in [7, 11) is 0. The number of para-hydroxylation sites is 2. The first-order chi connectivity index (χ1) is 20.8. The highest BCUT2D eigenvalue weighted by Crippen LogP contribution is 2.33. The number of ether oxygens (including phenoxy) is 2. The number of hydrazone groups is 1. The number of rotatable bonds is 10. The molecule has 0 spiro atoms. The van der Waals surface area contributed by atoms with Gasteiger partial charge in [-0.1, -0.05) is 60.1 Å². The van der Waals surface area contributed by atoms with Gasteiger partial charge < -0.3 is 24.7 Å². The van der Waals surface area contributed by atoms with Crippen LogP contribution in [-0.2, 0) is 20.9 Å². The molecule has 1 aromatic heterocycles. The van der Waals surface area contributed by atoms with Crippen LogP contribution in [0.4, 0.5) is 0 Å². The van der Waals surface area contributed by atoms with Gasteiger partial charge in [-0.15, -0.1) is 0 Å². The van der Waals surface area contributed by atoms with Gasteiger partial charge in [0.1, 0.15) is 5.75 Å². The third-order valence-corrected chi connectivity index (χ3v) is 7.30. The molecule has 9 nitrogen and oxygen atoms in total. The molecule has 4 aromatic rings. The quantitative estimate of drug-likeness (QED) is 0.0971. The van der Waals surface area contributed by atoms with Gasteiger partial charge in [-0.25, -0.2) is 10.2 Å². The molecule has 0 radical (unpaired) electrons. The van der Waals surface area contributed by atoms with Crippen molar-refractivity contribution in [3.63, 3.8) is 0 Å². The molecular weight excluding hydrogens is 586 g/mol. The average Bonchev–Trinajstić information content (AvgIpc) is 3.34. The number of fused-ring (bicyclic) bond motifs is 1. The largest absolute Gasteiger partial charge is 0.483 e. The van der Waals surface area contributed by atoms with Gasteiger partial charge in [-0.3, -0.25) is 4.79 Å². The molecule has 0 aliphatic carbocycles. The van der Waals surface area contributed by atoms with E-state index in [0.717, 1.165) is 22.0 Å². The minimum absolute atomic E-state index is 0.231. The second kappa shape index (κ2) is 13.5. The summed E-state index contributed by atoms with van der Waals surface area (Å²) < 4.78 is 13.3. The maximum atomic E-state index is 12.8. The summed E-state index contributed by atoms with van der Waals surface area (Å²) in [5.41, 5.74) is 7.16. The summed E-state index contributed by atoms with van der Waals surface area (Å²) >= 11 is 11.4. The Bertz CT molecular complexity index is 1730. The number of hydrogen-bond acceptors (Lipinski definition) is 6. The van der Waals surface area contributed by atoms with E-state index in [9.17, 15) is 9.59 Å². The predicted molar refractivity (Wildman–Crippen MR) is 171 cm³/mol. The van der Waals surface area contributed by atoms with Crippen LogP contribution in [-0.4, -0.2) is 41.0 Å². The minimum Gasteiger partial charge on any atom is -0.483 e. The first-order valence-electron chi connectivity index (χ1n) is 13.7. The number of hydrogen-bond donors (Lipinski definition) is 3. The molecular formula is C32H30ClN5O4S. The van der Waals surface area contributed by atoms with Gasteiger partial charge in [0, 0.05) is 45.5 Å². The number of esters is 1. The van der Waals surface area contributed by atoms with Gasteiger partial charge >= 0.3 is 5.97 Å². The van der Waals surface area contributed by atoms with E-state index in [4.69, 9.17) is 33.3 Å². The summed E-state index contributed by atoms with van der Waals surface area (Å²) in [6, 6.07) is 22.3. The number of aromatic nitrogens is 1. The van der Waals surface area contributed by atoms with E-state index in [1.807, 2.05) is 66.9 Å². The Balaban J connectivity index is 1.27. The molecule has 0 saturated heterocycles. The second-order valence-electron chi connectivity index (χ2n) is 9.77. The molecule has 1 aliphatic heterocycles. The van der Waals surface area contributed by atoms with E-state index in [1.165, 1.54) is 0 Å². The van der Waals surface area contributed by atoms with E-state index >= 15 is 0 Å². The molecule has 1 atom stereocenters. The number of nitrogens with zero attached hydrogens (tertiary/aromatic N) is 2. The van der Waals surface area contributed by atoms with Crippen LogP contribution in [0.25, 0.3) is 10.9 Å². The number of allylic oxidation sites excluding steroid dienone is 1. The van der Waals surface area contributed by atoms with Crippen molar-refractivity contribution in [3.05, 3.63) is 112 Å². The van der Waals surface area contributed by atoms with E-state index in [0.29, 0.717) is 39.3 Å². The summed E-state index contributed by atoms with van der Waals surface area (Å²) in [4.78, 5) is 25.5. The van der Waals surface area contributed by atoms with Crippen molar-refractivity contribution in [1.82, 2.24) is 20.6 Å². The lowest BCUT2D eigenvalue weighted by Crippen LogP contribution is -2.45. The fourth-order valence-corrected chi connectivity index (χ4v) is 5.30. The highest BCUT2D eigenvalue weighted by atomic mass is 35.5. The van der Waals surface area contributed by atoms with Gasteiger partial charge in [-0.05, 0) is 55.9 Å². The Labute approximate surface area is 259 Å². The normalized spacial score (nSPS) is 14.9. The van der Waals surface area contributed by atoms with Crippen molar-refractivity contribution in [2.75, 3.05) is 13.2 Å². The molecule has 0 fully saturated rings. The SMILES string of the molecule is CCOC(=O)C1=C(C)NC(=S)N[C@@H]1c1ccccc1OCC(=O)NN=Cc1cn(Cc2ccc(Cl)cc2)c2ccccc12. The summed E-state index contributed by atoms with van der Waals surface area (Å²) in [5.74, 6) is -0.491. The van der Waals surface area contributed by atoms with E-state index in [1.54, 1.807) is 32.2 Å². The number of halogens is 1. The summed E-state index contributed by atoms with van der Waals surface area (Å²) in [6.07, 6.45) is 3.61. The van der Waals surface area contributed by atoms with Crippen molar-refractivity contribution in [3.8, 4) is 5.75 Å². The Kier molecular flexibility index (Phi) is 9.38. The molecule has 2 heterocycles. The van der Waals surface area contributed by atoms with Crippen LogP contribution in [0.15, 0.2) is 95.4 Å². The predicted octanol–water partition coefficient (Wildman–Crippen LogP) is 5.23. The van der Waals surface area contributed by atoms with E-state index in [2.05, 4.69) is 25.7 Å².